The summed E-state index contributed by atoms with van der Waals surface area (Å²) in [6, 6.07) is 11.9. The maximum atomic E-state index is 12.9. The molecule has 0 amide bonds. The number of halogens is 1. The Labute approximate surface area is 131 Å². The van der Waals surface area contributed by atoms with E-state index in [2.05, 4.69) is 29.2 Å². The van der Waals surface area contributed by atoms with Crippen LogP contribution in [0.4, 0.5) is 4.39 Å². The van der Waals surface area contributed by atoms with E-state index in [0.717, 1.165) is 18.6 Å². The van der Waals surface area contributed by atoms with Crippen LogP contribution in [0.3, 0.4) is 0 Å². The van der Waals surface area contributed by atoms with Crippen LogP contribution >= 0.6 is 0 Å². The maximum Gasteiger partial charge on any atom is 0.212 e. The molecule has 0 saturated heterocycles. The molecule has 2 nitrogen and oxygen atoms in total. The van der Waals surface area contributed by atoms with Gasteiger partial charge in [0.15, 0.2) is 0 Å². The van der Waals surface area contributed by atoms with Gasteiger partial charge in [0, 0.05) is 6.20 Å². The lowest BCUT2D eigenvalue weighted by molar-refractivity contribution is 0.339. The zero-order valence-electron chi connectivity index (χ0n) is 13.0. The minimum Gasteiger partial charge on any atom is -0.494 e. The van der Waals surface area contributed by atoms with Crippen molar-refractivity contribution in [3.05, 3.63) is 59.7 Å². The molecular weight excluding hydrogens is 277 g/mol. The quantitative estimate of drug-likeness (QED) is 0.736. The Morgan fingerprint density at radius 2 is 1.55 bits per heavy atom. The molecule has 0 spiro atoms. The van der Waals surface area contributed by atoms with Crippen molar-refractivity contribution in [2.45, 2.75) is 44.4 Å². The highest BCUT2D eigenvalue weighted by Gasteiger charge is 2.23. The Hall–Kier alpha value is -1.90. The summed E-state index contributed by atoms with van der Waals surface area (Å²) < 4.78 is 18.4. The highest BCUT2D eigenvalue weighted by molar-refractivity contribution is 5.30. The van der Waals surface area contributed by atoms with Gasteiger partial charge in [-0.2, -0.15) is 4.39 Å². The first-order valence-electron chi connectivity index (χ1n) is 8.10. The third kappa shape index (κ3) is 3.46. The molecule has 0 N–H and O–H groups in total. The van der Waals surface area contributed by atoms with E-state index >= 15 is 0 Å². The Bertz CT molecular complexity index is 586. The van der Waals surface area contributed by atoms with E-state index in [1.165, 1.54) is 30.0 Å². The van der Waals surface area contributed by atoms with Crippen molar-refractivity contribution in [1.29, 1.82) is 0 Å². The zero-order valence-corrected chi connectivity index (χ0v) is 13.0. The lowest BCUT2D eigenvalue weighted by atomic mass is 9.76. The lowest BCUT2D eigenvalue weighted by Crippen LogP contribution is -2.12. The highest BCUT2D eigenvalue weighted by Crippen LogP contribution is 2.40. The summed E-state index contributed by atoms with van der Waals surface area (Å²) in [6.45, 7) is 2.70. The number of pyridine rings is 1. The predicted molar refractivity (Wildman–Crippen MR) is 85.8 cm³/mol. The molecule has 2 aromatic rings. The van der Waals surface area contributed by atoms with E-state index in [0.29, 0.717) is 18.4 Å². The van der Waals surface area contributed by atoms with Gasteiger partial charge in [0.2, 0.25) is 5.95 Å². The first-order valence-corrected chi connectivity index (χ1v) is 8.10. The second-order valence-electron chi connectivity index (χ2n) is 5.96. The minimum absolute atomic E-state index is 0.396. The van der Waals surface area contributed by atoms with Gasteiger partial charge in [-0.25, -0.2) is 4.98 Å². The average molecular weight is 299 g/mol. The predicted octanol–water partition coefficient (Wildman–Crippen LogP) is 5.06. The largest absolute Gasteiger partial charge is 0.494 e. The fourth-order valence-corrected chi connectivity index (χ4v) is 3.39. The van der Waals surface area contributed by atoms with Crippen LogP contribution in [-0.2, 0) is 0 Å². The number of hydrogen-bond acceptors (Lipinski definition) is 2. The van der Waals surface area contributed by atoms with Gasteiger partial charge in [-0.3, -0.25) is 0 Å². The smallest absolute Gasteiger partial charge is 0.212 e. The van der Waals surface area contributed by atoms with E-state index in [1.807, 2.05) is 13.0 Å². The second-order valence-corrected chi connectivity index (χ2v) is 5.96. The molecule has 22 heavy (non-hydrogen) atoms. The van der Waals surface area contributed by atoms with Gasteiger partial charge in [-0.15, -0.1) is 0 Å². The molecule has 1 aromatic heterocycles. The Kier molecular flexibility index (Phi) is 4.71. The molecule has 0 unspecified atom stereocenters. The van der Waals surface area contributed by atoms with Gasteiger partial charge in [0.25, 0.3) is 0 Å². The van der Waals surface area contributed by atoms with Gasteiger partial charge >= 0.3 is 0 Å². The molecule has 1 aromatic carbocycles. The van der Waals surface area contributed by atoms with Crippen LogP contribution in [0.1, 0.15) is 55.6 Å². The van der Waals surface area contributed by atoms with Gasteiger partial charge < -0.3 is 4.74 Å². The third-order valence-electron chi connectivity index (χ3n) is 4.61. The molecule has 1 saturated carbocycles. The van der Waals surface area contributed by atoms with E-state index in [1.54, 1.807) is 6.20 Å². The van der Waals surface area contributed by atoms with Gasteiger partial charge in [-0.05, 0) is 73.8 Å². The summed E-state index contributed by atoms with van der Waals surface area (Å²) in [4.78, 5) is 3.78. The fourth-order valence-electron chi connectivity index (χ4n) is 3.39. The Balaban J connectivity index is 1.60. The van der Waals surface area contributed by atoms with Gasteiger partial charge in [-0.1, -0.05) is 18.2 Å². The number of hydrogen-bond donors (Lipinski definition) is 0. The molecule has 3 heteroatoms. The monoisotopic (exact) mass is 299 g/mol. The van der Waals surface area contributed by atoms with E-state index in [9.17, 15) is 4.39 Å². The molecule has 0 aliphatic heterocycles. The van der Waals surface area contributed by atoms with Crippen LogP contribution in [0, 0.1) is 5.95 Å². The first-order chi connectivity index (χ1) is 10.8. The average Bonchev–Trinajstić information content (AvgIpc) is 2.57. The molecule has 0 radical (unpaired) electrons. The van der Waals surface area contributed by atoms with Crippen LogP contribution in [-0.4, -0.2) is 11.6 Å². The Morgan fingerprint density at radius 3 is 2.09 bits per heavy atom. The number of aromatic nitrogens is 1. The molecular formula is C19H22FNO. The van der Waals surface area contributed by atoms with E-state index < -0.39 is 5.95 Å². The summed E-state index contributed by atoms with van der Waals surface area (Å²) in [6.07, 6.45) is 6.33. The topological polar surface area (TPSA) is 22.1 Å². The van der Waals surface area contributed by atoms with Crippen LogP contribution in [0.5, 0.6) is 5.75 Å². The van der Waals surface area contributed by atoms with E-state index in [4.69, 9.17) is 4.74 Å². The van der Waals surface area contributed by atoms with Crippen molar-refractivity contribution in [2.24, 2.45) is 0 Å². The molecule has 1 aliphatic rings. The molecule has 1 aliphatic carbocycles. The van der Waals surface area contributed by atoms with Crippen LogP contribution < -0.4 is 4.74 Å². The SMILES string of the molecule is CCOc1ccc([C@H]2CC[C@H](c3ccc(F)nc3)CC2)cc1. The summed E-state index contributed by atoms with van der Waals surface area (Å²) >= 11 is 0. The summed E-state index contributed by atoms with van der Waals surface area (Å²) in [7, 11) is 0. The molecule has 0 bridgehead atoms. The van der Waals surface area contributed by atoms with Crippen molar-refractivity contribution in [2.75, 3.05) is 6.61 Å². The van der Waals surface area contributed by atoms with Crippen molar-refractivity contribution in [1.82, 2.24) is 4.98 Å². The summed E-state index contributed by atoms with van der Waals surface area (Å²) in [5, 5.41) is 0. The number of rotatable bonds is 4. The van der Waals surface area contributed by atoms with Crippen molar-refractivity contribution in [3.63, 3.8) is 0 Å². The summed E-state index contributed by atoms with van der Waals surface area (Å²) in [5.41, 5.74) is 2.57. The molecule has 116 valence electrons. The number of benzene rings is 1. The first kappa shape index (κ1) is 15.0. The van der Waals surface area contributed by atoms with Crippen LogP contribution in [0.2, 0.25) is 0 Å². The van der Waals surface area contributed by atoms with Gasteiger partial charge in [0.1, 0.15) is 5.75 Å². The lowest BCUT2D eigenvalue weighted by Gasteiger charge is -2.29. The van der Waals surface area contributed by atoms with Crippen LogP contribution in [0.15, 0.2) is 42.6 Å². The normalized spacial score (nSPS) is 21.5. The van der Waals surface area contributed by atoms with Gasteiger partial charge in [0.05, 0.1) is 6.61 Å². The molecule has 3 rings (SSSR count). The molecule has 1 heterocycles. The Morgan fingerprint density at radius 1 is 0.955 bits per heavy atom. The van der Waals surface area contributed by atoms with Crippen molar-refractivity contribution < 1.29 is 9.13 Å². The van der Waals surface area contributed by atoms with Crippen molar-refractivity contribution in [3.8, 4) is 5.75 Å². The van der Waals surface area contributed by atoms with E-state index in [-0.39, 0.29) is 0 Å². The van der Waals surface area contributed by atoms with Crippen LogP contribution in [0.25, 0.3) is 0 Å². The zero-order chi connectivity index (χ0) is 15.4. The standard InChI is InChI=1S/C19H22FNO/c1-2-22-18-10-7-15(8-11-18)14-3-5-16(6-4-14)17-9-12-19(20)21-13-17/h7-14,16H,2-6H2,1H3/t14-,16-. The summed E-state index contributed by atoms with van der Waals surface area (Å²) in [5.74, 6) is 1.69. The minimum atomic E-state index is -0.396. The number of ether oxygens (including phenoxy) is 1. The second kappa shape index (κ2) is 6.91. The number of nitrogens with zero attached hydrogens (tertiary/aromatic N) is 1. The fraction of sp³-hybridized carbons (Fsp3) is 0.421. The maximum absolute atomic E-state index is 12.9. The molecule has 0 atom stereocenters. The van der Waals surface area contributed by atoms with Crippen molar-refractivity contribution >= 4 is 0 Å². The highest BCUT2D eigenvalue weighted by atomic mass is 19.1. The molecule has 1 fully saturated rings. The third-order valence-corrected chi connectivity index (χ3v) is 4.61.